The molecule has 0 saturated carbocycles. The molecule has 0 fully saturated rings. The van der Waals surface area contributed by atoms with Gasteiger partial charge in [-0.05, 0) is 24.1 Å². The molecule has 1 heterocycles. The number of unbranched alkanes of at least 4 members (excludes halogenated alkanes) is 1. The fraction of sp³-hybridized carbons (Fsp3) is 0.286. The van der Waals surface area contributed by atoms with Crippen molar-refractivity contribution in [3.63, 3.8) is 0 Å². The molecule has 0 spiro atoms. The minimum atomic E-state index is -0.348. The van der Waals surface area contributed by atoms with Gasteiger partial charge in [-0.3, -0.25) is 0 Å². The first-order valence-electron chi connectivity index (χ1n) is 6.09. The molecule has 0 amide bonds. The standard InChI is InChI=1S/C14H13Cl2FN2/c1-2-3-7-11-18-13(15)12(14(16)19-11)9-5-4-6-10(17)8-9/h4-6,8H,2-3,7H2,1H3. The molecule has 1 aromatic carbocycles. The Bertz CT molecular complexity index is 564. The summed E-state index contributed by atoms with van der Waals surface area (Å²) in [5.41, 5.74) is 1.06. The maximum absolute atomic E-state index is 13.2. The second kappa shape index (κ2) is 6.31. The molecular weight excluding hydrogens is 286 g/mol. The molecule has 1 aromatic heterocycles. The predicted molar refractivity (Wildman–Crippen MR) is 76.1 cm³/mol. The maximum Gasteiger partial charge on any atom is 0.142 e. The number of benzene rings is 1. The molecule has 100 valence electrons. The number of rotatable bonds is 4. The van der Waals surface area contributed by atoms with Crippen LogP contribution in [0.5, 0.6) is 0 Å². The summed E-state index contributed by atoms with van der Waals surface area (Å²) in [5.74, 6) is 0.275. The number of hydrogen-bond acceptors (Lipinski definition) is 2. The van der Waals surface area contributed by atoms with Crippen LogP contribution < -0.4 is 0 Å². The third-order valence-electron chi connectivity index (χ3n) is 2.73. The molecule has 0 aliphatic heterocycles. The summed E-state index contributed by atoms with van der Waals surface area (Å²) in [6, 6.07) is 6.05. The molecule has 2 rings (SSSR count). The van der Waals surface area contributed by atoms with Gasteiger partial charge in [0.15, 0.2) is 0 Å². The number of aromatic nitrogens is 2. The van der Waals surface area contributed by atoms with Crippen molar-refractivity contribution in [3.8, 4) is 11.1 Å². The van der Waals surface area contributed by atoms with Gasteiger partial charge in [0.2, 0.25) is 0 Å². The number of hydrogen-bond donors (Lipinski definition) is 0. The van der Waals surface area contributed by atoms with Crippen LogP contribution in [-0.4, -0.2) is 9.97 Å². The van der Waals surface area contributed by atoms with Crippen LogP contribution in [0.2, 0.25) is 10.3 Å². The first-order chi connectivity index (χ1) is 9.11. The first kappa shape index (κ1) is 14.2. The summed E-state index contributed by atoms with van der Waals surface area (Å²) in [7, 11) is 0. The average molecular weight is 299 g/mol. The highest BCUT2D eigenvalue weighted by atomic mass is 35.5. The van der Waals surface area contributed by atoms with Crippen molar-refractivity contribution >= 4 is 23.2 Å². The lowest BCUT2D eigenvalue weighted by atomic mass is 10.1. The summed E-state index contributed by atoms with van der Waals surface area (Å²) in [5, 5.41) is 0.522. The molecule has 0 atom stereocenters. The van der Waals surface area contributed by atoms with Crippen LogP contribution in [0.4, 0.5) is 4.39 Å². The van der Waals surface area contributed by atoms with E-state index in [1.807, 2.05) is 0 Å². The Morgan fingerprint density at radius 3 is 2.42 bits per heavy atom. The van der Waals surface area contributed by atoms with Crippen molar-refractivity contribution in [2.75, 3.05) is 0 Å². The predicted octanol–water partition coefficient (Wildman–Crippen LogP) is 4.93. The van der Waals surface area contributed by atoms with Crippen molar-refractivity contribution in [2.24, 2.45) is 0 Å². The van der Waals surface area contributed by atoms with Crippen molar-refractivity contribution in [3.05, 3.63) is 46.2 Å². The van der Waals surface area contributed by atoms with E-state index in [1.165, 1.54) is 12.1 Å². The number of nitrogens with zero attached hydrogens (tertiary/aromatic N) is 2. The molecule has 0 aliphatic rings. The Morgan fingerprint density at radius 1 is 1.16 bits per heavy atom. The normalized spacial score (nSPS) is 10.7. The molecular formula is C14H13Cl2FN2. The monoisotopic (exact) mass is 298 g/mol. The van der Waals surface area contributed by atoms with Crippen LogP contribution in [-0.2, 0) is 6.42 Å². The van der Waals surface area contributed by atoms with E-state index in [2.05, 4.69) is 16.9 Å². The molecule has 19 heavy (non-hydrogen) atoms. The van der Waals surface area contributed by atoms with Gasteiger partial charge < -0.3 is 0 Å². The summed E-state index contributed by atoms with van der Waals surface area (Å²) < 4.78 is 13.2. The molecule has 2 aromatic rings. The summed E-state index contributed by atoms with van der Waals surface area (Å²) in [4.78, 5) is 8.45. The minimum Gasteiger partial charge on any atom is -0.220 e. The van der Waals surface area contributed by atoms with Gasteiger partial charge in [-0.25, -0.2) is 14.4 Å². The summed E-state index contributed by atoms with van der Waals surface area (Å²) in [6.45, 7) is 2.09. The number of aryl methyl sites for hydroxylation is 1. The van der Waals surface area contributed by atoms with E-state index >= 15 is 0 Å². The Labute approximate surface area is 121 Å². The third kappa shape index (κ3) is 3.43. The minimum absolute atomic E-state index is 0.261. The van der Waals surface area contributed by atoms with E-state index in [0.29, 0.717) is 17.0 Å². The number of halogens is 3. The lowest BCUT2D eigenvalue weighted by Gasteiger charge is -2.08. The van der Waals surface area contributed by atoms with Crippen LogP contribution in [0, 0.1) is 5.82 Å². The summed E-state index contributed by atoms with van der Waals surface area (Å²) in [6.07, 6.45) is 2.76. The molecule has 0 radical (unpaired) electrons. The van der Waals surface area contributed by atoms with Gasteiger partial charge in [-0.15, -0.1) is 0 Å². The third-order valence-corrected chi connectivity index (χ3v) is 3.28. The maximum atomic E-state index is 13.2. The van der Waals surface area contributed by atoms with Gasteiger partial charge in [0.25, 0.3) is 0 Å². The fourth-order valence-electron chi connectivity index (χ4n) is 1.78. The molecule has 0 bridgehead atoms. The van der Waals surface area contributed by atoms with Gasteiger partial charge in [-0.2, -0.15) is 0 Å². The molecule has 0 aliphatic carbocycles. The zero-order valence-corrected chi connectivity index (χ0v) is 12.0. The van der Waals surface area contributed by atoms with E-state index < -0.39 is 0 Å². The van der Waals surface area contributed by atoms with E-state index in [0.717, 1.165) is 19.3 Å². The quantitative estimate of drug-likeness (QED) is 0.748. The van der Waals surface area contributed by atoms with Gasteiger partial charge in [0.1, 0.15) is 21.9 Å². The van der Waals surface area contributed by atoms with Crippen LogP contribution in [0.25, 0.3) is 11.1 Å². The first-order valence-corrected chi connectivity index (χ1v) is 6.85. The van der Waals surface area contributed by atoms with Gasteiger partial charge in [0, 0.05) is 6.42 Å². The zero-order chi connectivity index (χ0) is 13.8. The van der Waals surface area contributed by atoms with Gasteiger partial charge in [0.05, 0.1) is 5.56 Å². The fourth-order valence-corrected chi connectivity index (χ4v) is 2.42. The van der Waals surface area contributed by atoms with Gasteiger partial charge >= 0.3 is 0 Å². The molecule has 0 N–H and O–H groups in total. The van der Waals surface area contributed by atoms with Crippen molar-refractivity contribution in [1.29, 1.82) is 0 Å². The van der Waals surface area contributed by atoms with E-state index in [1.54, 1.807) is 12.1 Å². The van der Waals surface area contributed by atoms with E-state index in [-0.39, 0.29) is 16.1 Å². The largest absolute Gasteiger partial charge is 0.220 e. The van der Waals surface area contributed by atoms with Gasteiger partial charge in [-0.1, -0.05) is 48.7 Å². The second-order valence-corrected chi connectivity index (χ2v) is 4.93. The van der Waals surface area contributed by atoms with Crippen LogP contribution in [0.15, 0.2) is 24.3 Å². The second-order valence-electron chi connectivity index (χ2n) is 4.21. The Kier molecular flexibility index (Phi) is 4.72. The lowest BCUT2D eigenvalue weighted by molar-refractivity contribution is 0.628. The smallest absolute Gasteiger partial charge is 0.142 e. The molecule has 0 unspecified atom stereocenters. The van der Waals surface area contributed by atoms with Crippen LogP contribution in [0.3, 0.4) is 0 Å². The van der Waals surface area contributed by atoms with Crippen molar-refractivity contribution in [2.45, 2.75) is 26.2 Å². The highest BCUT2D eigenvalue weighted by Gasteiger charge is 2.14. The molecule has 2 nitrogen and oxygen atoms in total. The van der Waals surface area contributed by atoms with E-state index in [4.69, 9.17) is 23.2 Å². The highest BCUT2D eigenvalue weighted by molar-refractivity contribution is 6.37. The summed E-state index contributed by atoms with van der Waals surface area (Å²) >= 11 is 12.3. The zero-order valence-electron chi connectivity index (χ0n) is 10.5. The van der Waals surface area contributed by atoms with Crippen LogP contribution >= 0.6 is 23.2 Å². The van der Waals surface area contributed by atoms with E-state index in [9.17, 15) is 4.39 Å². The lowest BCUT2D eigenvalue weighted by Crippen LogP contribution is -1.98. The van der Waals surface area contributed by atoms with Crippen molar-refractivity contribution < 1.29 is 4.39 Å². The van der Waals surface area contributed by atoms with Crippen molar-refractivity contribution in [1.82, 2.24) is 9.97 Å². The Balaban J connectivity index is 2.42. The topological polar surface area (TPSA) is 25.8 Å². The van der Waals surface area contributed by atoms with Crippen LogP contribution in [0.1, 0.15) is 25.6 Å². The Hall–Kier alpha value is -1.19. The molecule has 5 heteroatoms. The SMILES string of the molecule is CCCCc1nc(Cl)c(-c2cccc(F)c2)c(Cl)n1. The average Bonchev–Trinajstić information content (AvgIpc) is 2.35. The Morgan fingerprint density at radius 2 is 1.84 bits per heavy atom. The highest BCUT2D eigenvalue weighted by Crippen LogP contribution is 2.32. The molecule has 0 saturated heterocycles.